The summed E-state index contributed by atoms with van der Waals surface area (Å²) in [5.74, 6) is 0.776. The van der Waals surface area contributed by atoms with E-state index >= 15 is 0 Å². The van der Waals surface area contributed by atoms with Crippen LogP contribution in [0, 0.1) is 0 Å². The molecule has 2 heterocycles. The van der Waals surface area contributed by atoms with Crippen molar-refractivity contribution in [2.45, 2.75) is 6.92 Å². The predicted octanol–water partition coefficient (Wildman–Crippen LogP) is 5.11. The molecule has 4 nitrogen and oxygen atoms in total. The average molecular weight is 376 g/mol. The second kappa shape index (κ2) is 6.89. The van der Waals surface area contributed by atoms with Gasteiger partial charge in [0.25, 0.3) is 0 Å². The lowest BCUT2D eigenvalue weighted by Gasteiger charge is -2.09. The van der Waals surface area contributed by atoms with Crippen molar-refractivity contribution in [2.75, 3.05) is 11.9 Å². The molecule has 0 aliphatic rings. The largest absolute Gasteiger partial charge is 0.492 e. The summed E-state index contributed by atoms with van der Waals surface area (Å²) in [6.45, 7) is 2.57. The van der Waals surface area contributed by atoms with Gasteiger partial charge in [-0.1, -0.05) is 28.1 Å². The summed E-state index contributed by atoms with van der Waals surface area (Å²) >= 11 is 4.99. The Morgan fingerprint density at radius 1 is 1.23 bits per heavy atom. The number of rotatable bonds is 5. The number of hydrogen-bond acceptors (Lipinski definition) is 5. The molecule has 0 atom stereocenters. The van der Waals surface area contributed by atoms with Crippen molar-refractivity contribution in [3.05, 3.63) is 52.6 Å². The lowest BCUT2D eigenvalue weighted by molar-refractivity contribution is 0.341. The maximum Gasteiger partial charge on any atom is 0.187 e. The predicted molar refractivity (Wildman–Crippen MR) is 93.9 cm³/mol. The van der Waals surface area contributed by atoms with Gasteiger partial charge in [0.1, 0.15) is 11.4 Å². The van der Waals surface area contributed by atoms with E-state index in [-0.39, 0.29) is 0 Å². The number of halogens is 1. The lowest BCUT2D eigenvalue weighted by atomic mass is 10.2. The smallest absolute Gasteiger partial charge is 0.187 e. The normalized spacial score (nSPS) is 10.5. The van der Waals surface area contributed by atoms with E-state index in [2.05, 4.69) is 31.2 Å². The average Bonchev–Trinajstić information content (AvgIpc) is 2.99. The summed E-state index contributed by atoms with van der Waals surface area (Å²) in [5.41, 5.74) is 2.85. The maximum atomic E-state index is 5.58. The Morgan fingerprint density at radius 2 is 2.05 bits per heavy atom. The maximum absolute atomic E-state index is 5.58. The first-order valence-corrected chi connectivity index (χ1v) is 8.49. The molecule has 3 rings (SSSR count). The van der Waals surface area contributed by atoms with Crippen LogP contribution in [-0.4, -0.2) is 16.6 Å². The zero-order chi connectivity index (χ0) is 15.4. The highest BCUT2D eigenvalue weighted by Crippen LogP contribution is 2.31. The Hall–Kier alpha value is -1.92. The Kier molecular flexibility index (Phi) is 4.70. The highest BCUT2D eigenvalue weighted by atomic mass is 79.9. The molecule has 0 amide bonds. The van der Waals surface area contributed by atoms with E-state index in [0.29, 0.717) is 6.61 Å². The van der Waals surface area contributed by atoms with Gasteiger partial charge in [-0.05, 0) is 19.1 Å². The van der Waals surface area contributed by atoms with E-state index in [1.165, 1.54) is 0 Å². The van der Waals surface area contributed by atoms with Gasteiger partial charge in [0.15, 0.2) is 5.13 Å². The highest BCUT2D eigenvalue weighted by Gasteiger charge is 2.08. The van der Waals surface area contributed by atoms with E-state index in [1.54, 1.807) is 23.7 Å². The Labute approximate surface area is 141 Å². The van der Waals surface area contributed by atoms with Crippen molar-refractivity contribution in [1.29, 1.82) is 0 Å². The van der Waals surface area contributed by atoms with Crippen LogP contribution in [0.4, 0.5) is 10.8 Å². The quantitative estimate of drug-likeness (QED) is 0.672. The first-order chi connectivity index (χ1) is 10.8. The molecular formula is C16H14BrN3OS. The van der Waals surface area contributed by atoms with Crippen molar-refractivity contribution in [2.24, 2.45) is 0 Å². The summed E-state index contributed by atoms with van der Waals surface area (Å²) in [6.07, 6.45) is 3.46. The van der Waals surface area contributed by atoms with Gasteiger partial charge in [-0.15, -0.1) is 11.3 Å². The van der Waals surface area contributed by atoms with Crippen LogP contribution in [0.1, 0.15) is 6.92 Å². The van der Waals surface area contributed by atoms with Crippen LogP contribution in [0.15, 0.2) is 52.6 Å². The zero-order valence-electron chi connectivity index (χ0n) is 11.9. The molecule has 22 heavy (non-hydrogen) atoms. The zero-order valence-corrected chi connectivity index (χ0v) is 14.3. The molecule has 0 aliphatic carbocycles. The van der Waals surface area contributed by atoms with Crippen LogP contribution in [0.3, 0.4) is 0 Å². The SMILES string of the molecule is CCOc1ccncc1Nc1nc(-c2ccc(Br)cc2)cs1. The highest BCUT2D eigenvalue weighted by molar-refractivity contribution is 9.10. The summed E-state index contributed by atoms with van der Waals surface area (Å²) in [7, 11) is 0. The van der Waals surface area contributed by atoms with Gasteiger partial charge in [-0.3, -0.25) is 4.98 Å². The number of nitrogens with zero attached hydrogens (tertiary/aromatic N) is 2. The van der Waals surface area contributed by atoms with Gasteiger partial charge in [0, 0.05) is 27.7 Å². The van der Waals surface area contributed by atoms with Crippen molar-refractivity contribution < 1.29 is 4.74 Å². The number of anilines is 2. The fourth-order valence-electron chi connectivity index (χ4n) is 1.96. The van der Waals surface area contributed by atoms with E-state index in [0.717, 1.165) is 32.3 Å². The van der Waals surface area contributed by atoms with E-state index in [1.807, 2.05) is 42.6 Å². The third-order valence-electron chi connectivity index (χ3n) is 2.97. The van der Waals surface area contributed by atoms with Crippen molar-refractivity contribution in [1.82, 2.24) is 9.97 Å². The second-order valence-electron chi connectivity index (χ2n) is 4.47. The first-order valence-electron chi connectivity index (χ1n) is 6.81. The van der Waals surface area contributed by atoms with Crippen LogP contribution in [-0.2, 0) is 0 Å². The van der Waals surface area contributed by atoms with E-state index in [4.69, 9.17) is 4.74 Å². The molecule has 0 spiro atoms. The van der Waals surface area contributed by atoms with Gasteiger partial charge in [0.2, 0.25) is 0 Å². The number of benzene rings is 1. The van der Waals surface area contributed by atoms with Crippen molar-refractivity contribution >= 4 is 38.1 Å². The molecule has 0 aliphatic heterocycles. The van der Waals surface area contributed by atoms with E-state index in [9.17, 15) is 0 Å². The summed E-state index contributed by atoms with van der Waals surface area (Å²) < 4.78 is 6.64. The van der Waals surface area contributed by atoms with Gasteiger partial charge in [0.05, 0.1) is 18.5 Å². The summed E-state index contributed by atoms with van der Waals surface area (Å²) in [5, 5.41) is 6.11. The van der Waals surface area contributed by atoms with Crippen LogP contribution in [0.5, 0.6) is 5.75 Å². The number of pyridine rings is 1. The standard InChI is InChI=1S/C16H14BrN3OS/c1-2-21-15-7-8-18-9-13(15)19-16-20-14(10-22-16)11-3-5-12(17)6-4-11/h3-10H,2H2,1H3,(H,19,20). The minimum atomic E-state index is 0.612. The van der Waals surface area contributed by atoms with Crippen molar-refractivity contribution in [3.8, 4) is 17.0 Å². The van der Waals surface area contributed by atoms with E-state index < -0.39 is 0 Å². The van der Waals surface area contributed by atoms with Crippen LogP contribution in [0.25, 0.3) is 11.3 Å². The molecule has 2 aromatic heterocycles. The fraction of sp³-hybridized carbons (Fsp3) is 0.125. The minimum absolute atomic E-state index is 0.612. The number of nitrogens with one attached hydrogen (secondary N) is 1. The molecule has 3 aromatic rings. The number of ether oxygens (including phenoxy) is 1. The van der Waals surface area contributed by atoms with Crippen LogP contribution in [0.2, 0.25) is 0 Å². The molecule has 0 saturated heterocycles. The van der Waals surface area contributed by atoms with Crippen molar-refractivity contribution in [3.63, 3.8) is 0 Å². The topological polar surface area (TPSA) is 47.0 Å². The molecule has 0 fully saturated rings. The first kappa shape index (κ1) is 15.0. The summed E-state index contributed by atoms with van der Waals surface area (Å²) in [4.78, 5) is 8.74. The van der Waals surface area contributed by atoms with Gasteiger partial charge >= 0.3 is 0 Å². The van der Waals surface area contributed by atoms with Gasteiger partial charge in [-0.25, -0.2) is 4.98 Å². The Balaban J connectivity index is 1.81. The second-order valence-corrected chi connectivity index (χ2v) is 6.25. The molecule has 0 bridgehead atoms. The molecule has 1 aromatic carbocycles. The number of aromatic nitrogens is 2. The molecule has 1 N–H and O–H groups in total. The minimum Gasteiger partial charge on any atom is -0.492 e. The van der Waals surface area contributed by atoms with Crippen LogP contribution < -0.4 is 10.1 Å². The molecule has 112 valence electrons. The van der Waals surface area contributed by atoms with Crippen LogP contribution >= 0.6 is 27.3 Å². The summed E-state index contributed by atoms with van der Waals surface area (Å²) in [6, 6.07) is 9.94. The van der Waals surface area contributed by atoms with Gasteiger partial charge in [-0.2, -0.15) is 0 Å². The molecule has 0 radical (unpaired) electrons. The Morgan fingerprint density at radius 3 is 2.82 bits per heavy atom. The third-order valence-corrected chi connectivity index (χ3v) is 4.25. The number of thiazole rings is 1. The van der Waals surface area contributed by atoms with Gasteiger partial charge < -0.3 is 10.1 Å². The molecule has 0 saturated carbocycles. The monoisotopic (exact) mass is 375 g/mol. The molecular weight excluding hydrogens is 362 g/mol. The fourth-order valence-corrected chi connectivity index (χ4v) is 2.95. The molecule has 6 heteroatoms. The molecule has 0 unspecified atom stereocenters. The lowest BCUT2D eigenvalue weighted by Crippen LogP contribution is -1.98. The number of hydrogen-bond donors (Lipinski definition) is 1. The third kappa shape index (κ3) is 3.45. The Bertz CT molecular complexity index is 758.